The number of carbonyl (C=O) groups is 4. The fourth-order valence-electron chi connectivity index (χ4n) is 1.58. The zero-order chi connectivity index (χ0) is 21.4. The number of hydrogen-bond donors (Lipinski definition) is 0. The molecule has 0 atom stereocenters. The van der Waals surface area contributed by atoms with Crippen molar-refractivity contribution in [1.29, 1.82) is 0 Å². The summed E-state index contributed by atoms with van der Waals surface area (Å²) in [4.78, 5) is 36.8. The second kappa shape index (κ2) is 32.4. The first-order chi connectivity index (χ1) is 12.0. The standard InChI is InChI=1S/C12H24O2.3C2H4O2.Sn/c1-2-3-4-5-6-7-8-9-10-11-12(13)14;3*1-2(3)4;/h2-11H2,1H3,(H,13,14);3*1H3,(H,3,4);/q;;;;+4/p-4. The quantitative estimate of drug-likeness (QED) is 0.263. The van der Waals surface area contributed by atoms with Crippen LogP contribution in [0.5, 0.6) is 0 Å². The molecule has 0 aromatic rings. The minimum Gasteiger partial charge on any atom is -0.550 e. The molecule has 0 unspecified atom stereocenters. The number of unbranched alkanes of at least 4 members (excludes halogenated alkanes) is 8. The fourth-order valence-corrected chi connectivity index (χ4v) is 1.58. The van der Waals surface area contributed by atoms with Gasteiger partial charge in [0, 0.05) is 23.9 Å². The Hall–Kier alpha value is -1.32. The van der Waals surface area contributed by atoms with Crippen LogP contribution in [0.25, 0.3) is 0 Å². The van der Waals surface area contributed by atoms with Gasteiger partial charge in [-0.15, -0.1) is 0 Å². The molecule has 0 radical (unpaired) electrons. The minimum atomic E-state index is -1.08. The van der Waals surface area contributed by atoms with E-state index >= 15 is 0 Å². The van der Waals surface area contributed by atoms with Gasteiger partial charge in [-0.3, -0.25) is 0 Å². The molecular weight excluding hydrogens is 463 g/mol. The zero-order valence-corrected chi connectivity index (χ0v) is 19.7. The number of rotatable bonds is 10. The molecule has 0 bridgehead atoms. The first kappa shape index (κ1) is 36.6. The van der Waals surface area contributed by atoms with Crippen molar-refractivity contribution in [2.45, 2.75) is 91.9 Å². The van der Waals surface area contributed by atoms with Crippen molar-refractivity contribution in [3.05, 3.63) is 0 Å². The van der Waals surface area contributed by atoms with E-state index in [0.717, 1.165) is 33.6 Å². The number of carboxylic acid groups (broad SMARTS) is 4. The van der Waals surface area contributed by atoms with Gasteiger partial charge in [0.1, 0.15) is 0 Å². The van der Waals surface area contributed by atoms with Crippen molar-refractivity contribution in [2.24, 2.45) is 0 Å². The third-order valence-corrected chi connectivity index (χ3v) is 2.48. The summed E-state index contributed by atoms with van der Waals surface area (Å²) in [7, 11) is 0. The molecule has 0 N–H and O–H groups in total. The summed E-state index contributed by atoms with van der Waals surface area (Å²) in [5, 5.41) is 36.8. The van der Waals surface area contributed by atoms with Crippen LogP contribution in [0.2, 0.25) is 0 Å². The van der Waals surface area contributed by atoms with Crippen molar-refractivity contribution in [3.63, 3.8) is 0 Å². The molecule has 0 heterocycles. The van der Waals surface area contributed by atoms with Gasteiger partial charge >= 0.3 is 23.9 Å². The number of hydrogen-bond acceptors (Lipinski definition) is 8. The van der Waals surface area contributed by atoms with Crippen molar-refractivity contribution >= 4 is 47.8 Å². The molecular formula is C18H32O8Sn. The molecule has 0 spiro atoms. The van der Waals surface area contributed by atoms with E-state index in [1.165, 1.54) is 44.9 Å². The number of carbonyl (C=O) groups excluding carboxylic acids is 4. The molecule has 156 valence electrons. The second-order valence-electron chi connectivity index (χ2n) is 5.43. The molecule has 0 fully saturated rings. The molecule has 9 heteroatoms. The van der Waals surface area contributed by atoms with Crippen LogP contribution < -0.4 is 20.4 Å². The predicted octanol–water partition coefficient (Wildman–Crippen LogP) is -1.45. The van der Waals surface area contributed by atoms with Gasteiger partial charge in [0.25, 0.3) is 0 Å². The second-order valence-corrected chi connectivity index (χ2v) is 5.43. The molecule has 8 nitrogen and oxygen atoms in total. The average molecular weight is 495 g/mol. The number of aliphatic carboxylic acids is 4. The Kier molecular flexibility index (Phi) is 43.8. The van der Waals surface area contributed by atoms with Gasteiger partial charge in [0.15, 0.2) is 0 Å². The van der Waals surface area contributed by atoms with Gasteiger partial charge in [-0.2, -0.15) is 0 Å². The van der Waals surface area contributed by atoms with Crippen LogP contribution in [0.4, 0.5) is 0 Å². The summed E-state index contributed by atoms with van der Waals surface area (Å²) in [6, 6.07) is 0. The van der Waals surface area contributed by atoms with Crippen LogP contribution in [0, 0.1) is 0 Å². The summed E-state index contributed by atoms with van der Waals surface area (Å²) < 4.78 is 0. The summed E-state index contributed by atoms with van der Waals surface area (Å²) in [5.74, 6) is -4.16. The molecule has 27 heavy (non-hydrogen) atoms. The summed E-state index contributed by atoms with van der Waals surface area (Å²) in [5.41, 5.74) is 0. The zero-order valence-electron chi connectivity index (χ0n) is 16.8. The smallest absolute Gasteiger partial charge is 0.550 e. The van der Waals surface area contributed by atoms with Crippen LogP contribution >= 0.6 is 0 Å². The normalized spacial score (nSPS) is 8.15. The van der Waals surface area contributed by atoms with Gasteiger partial charge in [0.05, 0.1) is 0 Å². The maximum atomic E-state index is 10.1. The van der Waals surface area contributed by atoms with E-state index < -0.39 is 23.9 Å². The molecule has 0 aromatic carbocycles. The third-order valence-electron chi connectivity index (χ3n) is 2.48. The first-order valence-electron chi connectivity index (χ1n) is 8.69. The molecule has 0 saturated heterocycles. The first-order valence-corrected chi connectivity index (χ1v) is 8.69. The Morgan fingerprint density at radius 3 is 1.00 bits per heavy atom. The Bertz CT molecular complexity index is 319. The molecule has 0 aliphatic rings. The van der Waals surface area contributed by atoms with Crippen LogP contribution in [0.15, 0.2) is 0 Å². The van der Waals surface area contributed by atoms with Crippen LogP contribution in [-0.4, -0.2) is 47.8 Å². The Labute approximate surface area is 179 Å². The largest absolute Gasteiger partial charge is 4.00 e. The van der Waals surface area contributed by atoms with Crippen LogP contribution in [0.1, 0.15) is 91.9 Å². The third kappa shape index (κ3) is 135. The Balaban J connectivity index is -0.000000102. The van der Waals surface area contributed by atoms with E-state index in [4.69, 9.17) is 29.7 Å². The van der Waals surface area contributed by atoms with E-state index in [2.05, 4.69) is 6.92 Å². The van der Waals surface area contributed by atoms with E-state index in [0.29, 0.717) is 0 Å². The van der Waals surface area contributed by atoms with Crippen LogP contribution in [-0.2, 0) is 19.2 Å². The van der Waals surface area contributed by atoms with E-state index in [1.54, 1.807) is 0 Å². The Morgan fingerprint density at radius 2 is 0.778 bits per heavy atom. The van der Waals surface area contributed by atoms with Gasteiger partial charge in [-0.1, -0.05) is 58.3 Å². The monoisotopic (exact) mass is 496 g/mol. The molecule has 0 aliphatic carbocycles. The maximum absolute atomic E-state index is 10.1. The van der Waals surface area contributed by atoms with Gasteiger partial charge < -0.3 is 39.6 Å². The molecule has 0 saturated carbocycles. The van der Waals surface area contributed by atoms with Crippen molar-refractivity contribution in [1.82, 2.24) is 0 Å². The summed E-state index contributed by atoms with van der Waals surface area (Å²) in [6.07, 6.45) is 11.2. The van der Waals surface area contributed by atoms with Gasteiger partial charge in [0.2, 0.25) is 0 Å². The van der Waals surface area contributed by atoms with Crippen molar-refractivity contribution in [2.75, 3.05) is 0 Å². The van der Waals surface area contributed by atoms with Crippen molar-refractivity contribution in [3.8, 4) is 0 Å². The van der Waals surface area contributed by atoms with Crippen molar-refractivity contribution < 1.29 is 39.6 Å². The predicted molar refractivity (Wildman–Crippen MR) is 94.6 cm³/mol. The molecule has 0 rings (SSSR count). The van der Waals surface area contributed by atoms with Gasteiger partial charge in [-0.25, -0.2) is 0 Å². The van der Waals surface area contributed by atoms with E-state index in [-0.39, 0.29) is 30.3 Å². The maximum Gasteiger partial charge on any atom is 4.00 e. The average Bonchev–Trinajstić information content (AvgIpc) is 2.43. The van der Waals surface area contributed by atoms with Gasteiger partial charge in [-0.05, 0) is 33.6 Å². The topological polar surface area (TPSA) is 161 Å². The molecule has 0 aliphatic heterocycles. The Morgan fingerprint density at radius 1 is 0.556 bits per heavy atom. The SMILES string of the molecule is CC(=O)[O-].CC(=O)[O-].CC(=O)[O-].CCCCCCCCCCCC(=O)[O-].[Sn+4]. The van der Waals surface area contributed by atoms with Crippen LogP contribution in [0.3, 0.4) is 0 Å². The minimum absolute atomic E-state index is 0. The summed E-state index contributed by atoms with van der Waals surface area (Å²) >= 11 is 0. The fraction of sp³-hybridized carbons (Fsp3) is 0.778. The van der Waals surface area contributed by atoms with E-state index in [9.17, 15) is 9.90 Å². The number of carboxylic acids is 4. The molecule has 0 aromatic heterocycles. The summed E-state index contributed by atoms with van der Waals surface area (Å²) in [6.45, 7) is 5.14. The van der Waals surface area contributed by atoms with E-state index in [1.807, 2.05) is 0 Å². The molecule has 0 amide bonds.